The molecule has 0 unspecified atom stereocenters. The van der Waals surface area contributed by atoms with Crippen molar-refractivity contribution in [1.29, 1.82) is 0 Å². The minimum absolute atomic E-state index is 0.426. The van der Waals surface area contributed by atoms with Gasteiger partial charge in [-0.2, -0.15) is 0 Å². The van der Waals surface area contributed by atoms with Crippen LogP contribution in [0.15, 0.2) is 23.6 Å². The fourth-order valence-electron chi connectivity index (χ4n) is 2.58. The first-order valence-electron chi connectivity index (χ1n) is 7.52. The highest BCUT2D eigenvalue weighted by molar-refractivity contribution is 7.10. The summed E-state index contributed by atoms with van der Waals surface area (Å²) in [7, 11) is 3.31. The lowest BCUT2D eigenvalue weighted by molar-refractivity contribution is 0.397. The number of aromatic nitrogens is 2. The van der Waals surface area contributed by atoms with Crippen LogP contribution in [0.2, 0.25) is 0 Å². The number of ether oxygens (including phenoxy) is 2. The average Bonchev–Trinajstić information content (AvgIpc) is 3.03. The van der Waals surface area contributed by atoms with Crippen LogP contribution < -0.4 is 9.47 Å². The fraction of sp³-hybridized carbons (Fsp3) is 0.333. The van der Waals surface area contributed by atoms with Gasteiger partial charge in [-0.15, -0.1) is 11.3 Å². The monoisotopic (exact) mass is 328 g/mol. The zero-order valence-electron chi connectivity index (χ0n) is 14.0. The molecule has 23 heavy (non-hydrogen) atoms. The van der Waals surface area contributed by atoms with Gasteiger partial charge < -0.3 is 9.47 Å². The summed E-state index contributed by atoms with van der Waals surface area (Å²) in [5.74, 6) is 1.94. The molecule has 0 N–H and O–H groups in total. The molecule has 0 saturated carbocycles. The van der Waals surface area contributed by atoms with Crippen LogP contribution >= 0.6 is 11.3 Å². The van der Waals surface area contributed by atoms with E-state index < -0.39 is 0 Å². The molecule has 0 saturated heterocycles. The maximum atomic E-state index is 5.50. The lowest BCUT2D eigenvalue weighted by atomic mass is 10.1. The Bertz CT molecular complexity index is 856. The van der Waals surface area contributed by atoms with Gasteiger partial charge in [0.25, 0.3) is 0 Å². The molecular weight excluding hydrogens is 308 g/mol. The molecule has 0 bridgehead atoms. The number of rotatable bonds is 4. The number of pyridine rings is 1. The number of benzene rings is 1. The predicted octanol–water partition coefficient (Wildman–Crippen LogP) is 4.81. The van der Waals surface area contributed by atoms with E-state index in [4.69, 9.17) is 19.4 Å². The lowest BCUT2D eigenvalue weighted by Gasteiger charge is -2.11. The molecule has 120 valence electrons. The van der Waals surface area contributed by atoms with E-state index in [9.17, 15) is 0 Å². The molecule has 0 aliphatic heterocycles. The van der Waals surface area contributed by atoms with Crippen molar-refractivity contribution in [2.24, 2.45) is 0 Å². The van der Waals surface area contributed by atoms with E-state index in [2.05, 4.69) is 32.2 Å². The number of thiazole rings is 1. The molecular formula is C18H20N2O2S. The SMILES string of the molecule is COc1cc(OC)c2c(C)cc(-c3csc(C(C)C)n3)nc2c1. The van der Waals surface area contributed by atoms with Crippen molar-refractivity contribution in [2.75, 3.05) is 14.2 Å². The van der Waals surface area contributed by atoms with E-state index in [-0.39, 0.29) is 0 Å². The third kappa shape index (κ3) is 2.88. The summed E-state index contributed by atoms with van der Waals surface area (Å²) in [6.45, 7) is 6.37. The fourth-order valence-corrected chi connectivity index (χ4v) is 3.41. The maximum Gasteiger partial charge on any atom is 0.132 e. The lowest BCUT2D eigenvalue weighted by Crippen LogP contribution is -1.95. The Hall–Kier alpha value is -2.14. The van der Waals surface area contributed by atoms with Crippen molar-refractivity contribution in [1.82, 2.24) is 9.97 Å². The third-order valence-corrected chi connectivity index (χ3v) is 4.92. The zero-order chi connectivity index (χ0) is 16.6. The second-order valence-electron chi connectivity index (χ2n) is 5.77. The molecule has 3 rings (SSSR count). The minimum Gasteiger partial charge on any atom is -0.497 e. The van der Waals surface area contributed by atoms with Crippen LogP contribution in [0, 0.1) is 6.92 Å². The van der Waals surface area contributed by atoms with Crippen LogP contribution in [0.25, 0.3) is 22.3 Å². The Morgan fingerprint density at radius 2 is 1.78 bits per heavy atom. The molecule has 0 amide bonds. The highest BCUT2D eigenvalue weighted by Gasteiger charge is 2.14. The molecule has 0 atom stereocenters. The second-order valence-corrected chi connectivity index (χ2v) is 6.66. The van der Waals surface area contributed by atoms with Crippen molar-refractivity contribution in [3.8, 4) is 22.9 Å². The van der Waals surface area contributed by atoms with Gasteiger partial charge >= 0.3 is 0 Å². The van der Waals surface area contributed by atoms with Gasteiger partial charge in [0.05, 0.1) is 36.1 Å². The Labute approximate surface area is 140 Å². The first kappa shape index (κ1) is 15.7. The molecule has 4 nitrogen and oxygen atoms in total. The molecule has 1 aromatic carbocycles. The van der Waals surface area contributed by atoms with Crippen LogP contribution in [-0.2, 0) is 0 Å². The predicted molar refractivity (Wildman–Crippen MR) is 94.8 cm³/mol. The van der Waals surface area contributed by atoms with Crippen LogP contribution in [0.1, 0.15) is 30.3 Å². The summed E-state index contributed by atoms with van der Waals surface area (Å²) in [5, 5.41) is 4.21. The Balaban J connectivity index is 2.19. The van der Waals surface area contributed by atoms with Gasteiger partial charge in [0, 0.05) is 28.8 Å². The highest BCUT2D eigenvalue weighted by Crippen LogP contribution is 2.35. The number of hydrogen-bond donors (Lipinski definition) is 0. The maximum absolute atomic E-state index is 5.50. The number of methoxy groups -OCH3 is 2. The Kier molecular flexibility index (Phi) is 4.22. The van der Waals surface area contributed by atoms with Gasteiger partial charge in [0.1, 0.15) is 11.5 Å². The van der Waals surface area contributed by atoms with Crippen LogP contribution in [0.5, 0.6) is 11.5 Å². The van der Waals surface area contributed by atoms with Crippen LogP contribution in [-0.4, -0.2) is 24.2 Å². The molecule has 0 radical (unpaired) electrons. The molecule has 3 aromatic rings. The van der Waals surface area contributed by atoms with E-state index in [1.165, 1.54) is 0 Å². The smallest absolute Gasteiger partial charge is 0.132 e. The van der Waals surface area contributed by atoms with Crippen molar-refractivity contribution in [3.05, 3.63) is 34.2 Å². The van der Waals surface area contributed by atoms with Crippen molar-refractivity contribution in [2.45, 2.75) is 26.7 Å². The number of nitrogens with zero attached hydrogens (tertiary/aromatic N) is 2. The number of aryl methyl sites for hydroxylation is 1. The van der Waals surface area contributed by atoms with E-state index in [1.54, 1.807) is 25.6 Å². The normalized spacial score (nSPS) is 11.2. The van der Waals surface area contributed by atoms with E-state index in [0.717, 1.165) is 44.4 Å². The zero-order valence-corrected chi connectivity index (χ0v) is 14.8. The number of hydrogen-bond acceptors (Lipinski definition) is 5. The van der Waals surface area contributed by atoms with Gasteiger partial charge in [0.15, 0.2) is 0 Å². The Morgan fingerprint density at radius 1 is 1.00 bits per heavy atom. The third-order valence-electron chi connectivity index (χ3n) is 3.78. The summed E-state index contributed by atoms with van der Waals surface area (Å²) < 4.78 is 10.9. The first-order valence-corrected chi connectivity index (χ1v) is 8.40. The molecule has 2 aromatic heterocycles. The number of fused-ring (bicyclic) bond motifs is 1. The van der Waals surface area contributed by atoms with Crippen molar-refractivity contribution in [3.63, 3.8) is 0 Å². The molecule has 0 fully saturated rings. The average molecular weight is 328 g/mol. The molecule has 0 spiro atoms. The van der Waals surface area contributed by atoms with E-state index in [0.29, 0.717) is 5.92 Å². The van der Waals surface area contributed by atoms with Crippen molar-refractivity contribution >= 4 is 22.2 Å². The quantitative estimate of drug-likeness (QED) is 0.689. The first-order chi connectivity index (χ1) is 11.0. The van der Waals surface area contributed by atoms with Gasteiger partial charge in [0.2, 0.25) is 0 Å². The largest absolute Gasteiger partial charge is 0.497 e. The molecule has 2 heterocycles. The molecule has 0 aliphatic rings. The highest BCUT2D eigenvalue weighted by atomic mass is 32.1. The van der Waals surface area contributed by atoms with Crippen LogP contribution in [0.4, 0.5) is 0 Å². The van der Waals surface area contributed by atoms with Crippen LogP contribution in [0.3, 0.4) is 0 Å². The van der Waals surface area contributed by atoms with Gasteiger partial charge in [-0.05, 0) is 18.6 Å². The molecule has 5 heteroatoms. The summed E-state index contributed by atoms with van der Waals surface area (Å²) in [4.78, 5) is 9.49. The summed E-state index contributed by atoms with van der Waals surface area (Å²) in [6.07, 6.45) is 0. The Morgan fingerprint density at radius 3 is 2.39 bits per heavy atom. The summed E-state index contributed by atoms with van der Waals surface area (Å²) in [5.41, 5.74) is 3.78. The standard InChI is InChI=1S/C18H20N2O2S/c1-10(2)18-20-15(9-23-18)13-6-11(3)17-14(19-13)7-12(21-4)8-16(17)22-5/h6-10H,1-5H3. The van der Waals surface area contributed by atoms with E-state index in [1.807, 2.05) is 12.1 Å². The van der Waals surface area contributed by atoms with Gasteiger partial charge in [-0.3, -0.25) is 0 Å². The second kappa shape index (κ2) is 6.16. The summed E-state index contributed by atoms with van der Waals surface area (Å²) >= 11 is 1.68. The van der Waals surface area contributed by atoms with Crippen molar-refractivity contribution < 1.29 is 9.47 Å². The molecule has 0 aliphatic carbocycles. The van der Waals surface area contributed by atoms with Gasteiger partial charge in [-0.25, -0.2) is 9.97 Å². The minimum atomic E-state index is 0.426. The topological polar surface area (TPSA) is 44.2 Å². The van der Waals surface area contributed by atoms with E-state index >= 15 is 0 Å². The summed E-state index contributed by atoms with van der Waals surface area (Å²) in [6, 6.07) is 5.89. The van der Waals surface area contributed by atoms with Gasteiger partial charge in [-0.1, -0.05) is 13.8 Å².